The van der Waals surface area contributed by atoms with E-state index in [9.17, 15) is 4.79 Å². The summed E-state index contributed by atoms with van der Waals surface area (Å²) in [4.78, 5) is 15.4. The Kier molecular flexibility index (Phi) is 6.26. The summed E-state index contributed by atoms with van der Waals surface area (Å²) in [6.45, 7) is 6.33. The summed E-state index contributed by atoms with van der Waals surface area (Å²) in [6.07, 6.45) is 1.70. The number of rotatable bonds is 9. The first-order valence-electron chi connectivity index (χ1n) is 8.69. The van der Waals surface area contributed by atoms with Gasteiger partial charge in [-0.15, -0.1) is 11.3 Å². The standard InChI is InChI=1S/C21H23NO3S/c1-3-24-21-9-8-17(16(2)23)12-18(21)13-22(14-19-6-4-10-25-19)15-20-7-5-11-26-20/h4-12H,3,13-15H2,1-2H3. The number of furan rings is 1. The highest BCUT2D eigenvalue weighted by Gasteiger charge is 2.15. The third kappa shape index (κ3) is 4.84. The second-order valence-electron chi connectivity index (χ2n) is 6.12. The van der Waals surface area contributed by atoms with Crippen molar-refractivity contribution in [2.24, 2.45) is 0 Å². The van der Waals surface area contributed by atoms with E-state index in [1.165, 1.54) is 4.88 Å². The van der Waals surface area contributed by atoms with Crippen LogP contribution in [0.1, 0.15) is 40.4 Å². The molecule has 3 rings (SSSR count). The molecule has 136 valence electrons. The SMILES string of the molecule is CCOc1ccc(C(C)=O)cc1CN(Cc1ccco1)Cc1cccs1. The van der Waals surface area contributed by atoms with Crippen LogP contribution in [0.3, 0.4) is 0 Å². The number of ether oxygens (including phenoxy) is 1. The summed E-state index contributed by atoms with van der Waals surface area (Å²) in [5.74, 6) is 1.81. The molecule has 26 heavy (non-hydrogen) atoms. The van der Waals surface area contributed by atoms with Gasteiger partial charge in [-0.05, 0) is 55.6 Å². The predicted octanol–water partition coefficient (Wildman–Crippen LogP) is 5.14. The van der Waals surface area contributed by atoms with Crippen LogP contribution in [0.5, 0.6) is 5.75 Å². The van der Waals surface area contributed by atoms with Gasteiger partial charge in [-0.2, -0.15) is 0 Å². The van der Waals surface area contributed by atoms with Crippen molar-refractivity contribution in [2.45, 2.75) is 33.5 Å². The number of carbonyl (C=O) groups excluding carboxylic acids is 1. The number of thiophene rings is 1. The monoisotopic (exact) mass is 369 g/mol. The number of Topliss-reactive ketones (excluding diaryl/α,β-unsaturated/α-hetero) is 1. The van der Waals surface area contributed by atoms with E-state index in [2.05, 4.69) is 22.4 Å². The number of ketones is 1. The van der Waals surface area contributed by atoms with Crippen molar-refractivity contribution >= 4 is 17.1 Å². The molecule has 0 unspecified atom stereocenters. The number of nitrogens with zero attached hydrogens (tertiary/aromatic N) is 1. The van der Waals surface area contributed by atoms with Gasteiger partial charge in [0.1, 0.15) is 11.5 Å². The smallest absolute Gasteiger partial charge is 0.159 e. The molecular weight excluding hydrogens is 346 g/mol. The summed E-state index contributed by atoms with van der Waals surface area (Å²) >= 11 is 1.74. The third-order valence-corrected chi connectivity index (χ3v) is 4.94. The van der Waals surface area contributed by atoms with E-state index in [0.29, 0.717) is 25.3 Å². The molecule has 0 radical (unpaired) electrons. The lowest BCUT2D eigenvalue weighted by Crippen LogP contribution is -2.22. The normalized spacial score (nSPS) is 11.0. The molecule has 0 atom stereocenters. The van der Waals surface area contributed by atoms with Crippen molar-refractivity contribution in [3.8, 4) is 5.75 Å². The largest absolute Gasteiger partial charge is 0.494 e. The highest BCUT2D eigenvalue weighted by molar-refractivity contribution is 7.09. The van der Waals surface area contributed by atoms with E-state index >= 15 is 0 Å². The first-order chi connectivity index (χ1) is 12.7. The van der Waals surface area contributed by atoms with Gasteiger partial charge in [0.2, 0.25) is 0 Å². The van der Waals surface area contributed by atoms with E-state index in [1.807, 2.05) is 37.3 Å². The summed E-state index contributed by atoms with van der Waals surface area (Å²) in [6, 6.07) is 13.7. The molecule has 1 aromatic carbocycles. The van der Waals surface area contributed by atoms with Gasteiger partial charge >= 0.3 is 0 Å². The van der Waals surface area contributed by atoms with Crippen LogP contribution < -0.4 is 4.74 Å². The number of benzene rings is 1. The van der Waals surface area contributed by atoms with Crippen molar-refractivity contribution in [2.75, 3.05) is 6.61 Å². The maximum Gasteiger partial charge on any atom is 0.159 e. The van der Waals surface area contributed by atoms with Crippen LogP contribution in [0.4, 0.5) is 0 Å². The fraction of sp³-hybridized carbons (Fsp3) is 0.286. The zero-order valence-corrected chi connectivity index (χ0v) is 15.9. The Morgan fingerprint density at radius 3 is 2.69 bits per heavy atom. The number of hydrogen-bond donors (Lipinski definition) is 0. The van der Waals surface area contributed by atoms with Crippen LogP contribution in [0, 0.1) is 0 Å². The fourth-order valence-corrected chi connectivity index (χ4v) is 3.62. The lowest BCUT2D eigenvalue weighted by molar-refractivity contribution is 0.101. The van der Waals surface area contributed by atoms with Gasteiger partial charge in [-0.1, -0.05) is 6.07 Å². The van der Waals surface area contributed by atoms with Crippen molar-refractivity contribution in [3.63, 3.8) is 0 Å². The number of carbonyl (C=O) groups is 1. The molecule has 5 heteroatoms. The third-order valence-electron chi connectivity index (χ3n) is 4.08. The first kappa shape index (κ1) is 18.4. The molecule has 0 amide bonds. The van der Waals surface area contributed by atoms with Gasteiger partial charge in [-0.3, -0.25) is 9.69 Å². The molecule has 0 spiro atoms. The maximum atomic E-state index is 11.8. The Morgan fingerprint density at radius 2 is 2.04 bits per heavy atom. The zero-order valence-electron chi connectivity index (χ0n) is 15.1. The van der Waals surface area contributed by atoms with Crippen molar-refractivity contribution in [1.82, 2.24) is 4.90 Å². The molecule has 4 nitrogen and oxygen atoms in total. The highest BCUT2D eigenvalue weighted by atomic mass is 32.1. The molecular formula is C21H23NO3S. The van der Waals surface area contributed by atoms with Crippen molar-refractivity contribution in [1.29, 1.82) is 0 Å². The molecule has 0 saturated heterocycles. The van der Waals surface area contributed by atoms with Crippen LogP contribution in [0.15, 0.2) is 58.5 Å². The lowest BCUT2D eigenvalue weighted by atomic mass is 10.1. The van der Waals surface area contributed by atoms with Crippen molar-refractivity contribution < 1.29 is 13.9 Å². The van der Waals surface area contributed by atoms with Crippen LogP contribution >= 0.6 is 11.3 Å². The van der Waals surface area contributed by atoms with Crippen LogP contribution in [0.25, 0.3) is 0 Å². The highest BCUT2D eigenvalue weighted by Crippen LogP contribution is 2.25. The molecule has 2 heterocycles. The molecule has 0 bridgehead atoms. The Bertz CT molecular complexity index is 789. The Balaban J connectivity index is 1.86. The lowest BCUT2D eigenvalue weighted by Gasteiger charge is -2.22. The molecule has 0 saturated carbocycles. The van der Waals surface area contributed by atoms with E-state index < -0.39 is 0 Å². The van der Waals surface area contributed by atoms with Crippen LogP contribution in [-0.2, 0) is 19.6 Å². The summed E-state index contributed by atoms with van der Waals surface area (Å²) in [5, 5.41) is 2.09. The Hall–Kier alpha value is -2.37. The van der Waals surface area contributed by atoms with Gasteiger partial charge in [0.15, 0.2) is 5.78 Å². The van der Waals surface area contributed by atoms with Crippen LogP contribution in [-0.4, -0.2) is 17.3 Å². The van der Waals surface area contributed by atoms with E-state index in [4.69, 9.17) is 9.15 Å². The molecule has 2 aromatic heterocycles. The summed E-state index contributed by atoms with van der Waals surface area (Å²) in [5.41, 5.74) is 1.72. The van der Waals surface area contributed by atoms with E-state index in [0.717, 1.165) is 23.6 Å². The van der Waals surface area contributed by atoms with Gasteiger partial charge < -0.3 is 9.15 Å². The predicted molar refractivity (Wildman–Crippen MR) is 104 cm³/mol. The average molecular weight is 369 g/mol. The topological polar surface area (TPSA) is 42.7 Å². The zero-order chi connectivity index (χ0) is 18.4. The molecule has 3 aromatic rings. The molecule has 0 fully saturated rings. The molecule has 0 aliphatic rings. The first-order valence-corrected chi connectivity index (χ1v) is 9.57. The van der Waals surface area contributed by atoms with Gasteiger partial charge in [0.05, 0.1) is 19.4 Å². The summed E-state index contributed by atoms with van der Waals surface area (Å²) in [7, 11) is 0. The van der Waals surface area contributed by atoms with Gasteiger partial charge in [-0.25, -0.2) is 0 Å². The summed E-state index contributed by atoms with van der Waals surface area (Å²) < 4.78 is 11.3. The maximum absolute atomic E-state index is 11.8. The quantitative estimate of drug-likeness (QED) is 0.490. The van der Waals surface area contributed by atoms with Gasteiger partial charge in [0, 0.05) is 29.1 Å². The van der Waals surface area contributed by atoms with E-state index in [-0.39, 0.29) is 5.78 Å². The Labute approximate surface area is 158 Å². The minimum Gasteiger partial charge on any atom is -0.494 e. The second-order valence-corrected chi connectivity index (χ2v) is 7.15. The van der Waals surface area contributed by atoms with Crippen LogP contribution in [0.2, 0.25) is 0 Å². The minimum atomic E-state index is 0.0603. The molecule has 0 aliphatic heterocycles. The average Bonchev–Trinajstić information content (AvgIpc) is 3.30. The van der Waals surface area contributed by atoms with Crippen molar-refractivity contribution in [3.05, 3.63) is 75.9 Å². The van der Waals surface area contributed by atoms with Gasteiger partial charge in [0.25, 0.3) is 0 Å². The fourth-order valence-electron chi connectivity index (χ4n) is 2.87. The minimum absolute atomic E-state index is 0.0603. The number of hydrogen-bond acceptors (Lipinski definition) is 5. The molecule has 0 aliphatic carbocycles. The second kappa shape index (κ2) is 8.83. The Morgan fingerprint density at radius 1 is 1.15 bits per heavy atom. The van der Waals surface area contributed by atoms with E-state index in [1.54, 1.807) is 24.5 Å². The molecule has 0 N–H and O–H groups in total.